The average molecular weight is 483 g/mol. The Hall–Kier alpha value is -3.17. The van der Waals surface area contributed by atoms with Crippen LogP contribution in [0.25, 0.3) is 11.0 Å². The van der Waals surface area contributed by atoms with E-state index in [4.69, 9.17) is 4.74 Å². The van der Waals surface area contributed by atoms with Gasteiger partial charge in [0, 0.05) is 37.1 Å². The maximum atomic E-state index is 12.9. The molecule has 35 heavy (non-hydrogen) atoms. The number of amides is 3. The minimum atomic E-state index is -0.585. The SMILES string of the molecule is CC(C)(C)OC(=O)N1CCC[C@@H]1CC(=O)Nc1ncc2cc3n(c2n1)C1(CCCCC1)CNC3=O. The standard InChI is InChI=1S/C25H34N6O4/c1-24(2,3)35-23(34)30-11-7-8-17(30)13-19(32)28-22-26-14-16-12-18-21(33)27-15-25(9-5-4-6-10-25)31(18)20(16)29-22/h12,14,17H,4-11,13,15H2,1-3H3,(H,27,33)(H,26,28,29,32)/t17-/m1/s1. The van der Waals surface area contributed by atoms with Crippen LogP contribution in [0.5, 0.6) is 0 Å². The molecule has 1 spiro atoms. The van der Waals surface area contributed by atoms with Gasteiger partial charge in [-0.2, -0.15) is 4.98 Å². The second-order valence-electron chi connectivity index (χ2n) is 11.0. The number of carbonyl (C=O) groups is 3. The molecular weight excluding hydrogens is 448 g/mol. The largest absolute Gasteiger partial charge is 0.444 e. The first-order valence-electron chi connectivity index (χ1n) is 12.6. The summed E-state index contributed by atoms with van der Waals surface area (Å²) in [6, 6.07) is 1.62. The Labute approximate surface area is 204 Å². The number of nitrogens with one attached hydrogen (secondary N) is 2. The van der Waals surface area contributed by atoms with Crippen LogP contribution in [0.2, 0.25) is 0 Å². The number of carbonyl (C=O) groups excluding carboxylic acids is 3. The van der Waals surface area contributed by atoms with Gasteiger partial charge < -0.3 is 19.5 Å². The number of anilines is 1. The molecule has 0 radical (unpaired) electrons. The van der Waals surface area contributed by atoms with Gasteiger partial charge in [0.2, 0.25) is 11.9 Å². The van der Waals surface area contributed by atoms with Gasteiger partial charge >= 0.3 is 6.09 Å². The van der Waals surface area contributed by atoms with E-state index in [0.717, 1.165) is 43.9 Å². The summed E-state index contributed by atoms with van der Waals surface area (Å²) in [5.41, 5.74) is 0.512. The fourth-order valence-electron chi connectivity index (χ4n) is 5.72. The lowest BCUT2D eigenvalue weighted by Crippen LogP contribution is -2.52. The zero-order valence-corrected chi connectivity index (χ0v) is 20.7. The van der Waals surface area contributed by atoms with Gasteiger partial charge in [0.25, 0.3) is 5.91 Å². The van der Waals surface area contributed by atoms with Gasteiger partial charge in [-0.3, -0.25) is 14.9 Å². The van der Waals surface area contributed by atoms with E-state index >= 15 is 0 Å². The van der Waals surface area contributed by atoms with Crippen LogP contribution in [0.3, 0.4) is 0 Å². The van der Waals surface area contributed by atoms with Gasteiger partial charge in [-0.25, -0.2) is 9.78 Å². The molecule has 188 valence electrons. The number of rotatable bonds is 3. The molecule has 2 N–H and O–H groups in total. The lowest BCUT2D eigenvalue weighted by molar-refractivity contribution is -0.117. The topological polar surface area (TPSA) is 118 Å². The maximum Gasteiger partial charge on any atom is 0.410 e. The van der Waals surface area contributed by atoms with Gasteiger partial charge in [-0.05, 0) is 52.5 Å². The second-order valence-corrected chi connectivity index (χ2v) is 11.0. The molecular formula is C25H34N6O4. The Morgan fingerprint density at radius 2 is 2.00 bits per heavy atom. The van der Waals surface area contributed by atoms with Crippen LogP contribution < -0.4 is 10.6 Å². The van der Waals surface area contributed by atoms with Gasteiger partial charge in [0.05, 0.1) is 5.54 Å². The Morgan fingerprint density at radius 3 is 2.74 bits per heavy atom. The molecule has 0 unspecified atom stereocenters. The lowest BCUT2D eigenvalue weighted by Gasteiger charge is -2.42. The van der Waals surface area contributed by atoms with Crippen molar-refractivity contribution in [3.63, 3.8) is 0 Å². The van der Waals surface area contributed by atoms with Crippen molar-refractivity contribution in [3.05, 3.63) is 18.0 Å². The van der Waals surface area contributed by atoms with E-state index in [2.05, 4.69) is 25.2 Å². The third-order valence-corrected chi connectivity index (χ3v) is 7.29. The van der Waals surface area contributed by atoms with Crippen molar-refractivity contribution in [2.75, 3.05) is 18.4 Å². The number of nitrogens with zero attached hydrogens (tertiary/aromatic N) is 4. The molecule has 3 aliphatic rings. The highest BCUT2D eigenvalue weighted by molar-refractivity contribution is 5.99. The van der Waals surface area contributed by atoms with Crippen LogP contribution in [0.1, 0.15) is 82.6 Å². The van der Waals surface area contributed by atoms with Gasteiger partial charge in [-0.1, -0.05) is 19.3 Å². The minimum Gasteiger partial charge on any atom is -0.444 e. The monoisotopic (exact) mass is 482 g/mol. The fraction of sp³-hybridized carbons (Fsp3) is 0.640. The van der Waals surface area contributed by atoms with E-state index in [-0.39, 0.29) is 41.9 Å². The van der Waals surface area contributed by atoms with Crippen molar-refractivity contribution in [1.82, 2.24) is 24.8 Å². The molecule has 2 aliphatic heterocycles. The number of fused-ring (bicyclic) bond motifs is 4. The first-order chi connectivity index (χ1) is 16.7. The van der Waals surface area contributed by atoms with E-state index in [1.165, 1.54) is 6.42 Å². The first-order valence-corrected chi connectivity index (χ1v) is 12.6. The van der Waals surface area contributed by atoms with Crippen molar-refractivity contribution in [1.29, 1.82) is 0 Å². The van der Waals surface area contributed by atoms with Crippen molar-refractivity contribution >= 4 is 34.9 Å². The van der Waals surface area contributed by atoms with Crippen LogP contribution >= 0.6 is 0 Å². The van der Waals surface area contributed by atoms with Gasteiger partial charge in [0.1, 0.15) is 16.9 Å². The first kappa shape index (κ1) is 23.6. The fourth-order valence-corrected chi connectivity index (χ4v) is 5.72. The molecule has 0 aromatic carbocycles. The Morgan fingerprint density at radius 1 is 1.23 bits per heavy atom. The molecule has 4 heterocycles. The van der Waals surface area contributed by atoms with Gasteiger partial charge in [-0.15, -0.1) is 0 Å². The highest BCUT2D eigenvalue weighted by Gasteiger charge is 2.41. The van der Waals surface area contributed by atoms with Crippen LogP contribution in [0, 0.1) is 0 Å². The quantitative estimate of drug-likeness (QED) is 0.691. The maximum absolute atomic E-state index is 12.9. The zero-order chi connectivity index (χ0) is 24.8. The summed E-state index contributed by atoms with van der Waals surface area (Å²) in [6.45, 7) is 6.67. The Kier molecular flexibility index (Phi) is 5.93. The van der Waals surface area contributed by atoms with Crippen molar-refractivity contribution in [3.8, 4) is 0 Å². The summed E-state index contributed by atoms with van der Waals surface area (Å²) in [5.74, 6) is -0.143. The molecule has 5 rings (SSSR count). The molecule has 1 saturated carbocycles. The molecule has 1 atom stereocenters. The second kappa shape index (κ2) is 8.80. The van der Waals surface area contributed by atoms with E-state index in [9.17, 15) is 14.4 Å². The smallest absolute Gasteiger partial charge is 0.410 e. The van der Waals surface area contributed by atoms with Crippen LogP contribution in [0.4, 0.5) is 10.7 Å². The summed E-state index contributed by atoms with van der Waals surface area (Å²) in [6.07, 6.45) is 8.39. The lowest BCUT2D eigenvalue weighted by atomic mass is 9.80. The predicted molar refractivity (Wildman–Crippen MR) is 130 cm³/mol. The molecule has 1 saturated heterocycles. The summed E-state index contributed by atoms with van der Waals surface area (Å²) < 4.78 is 7.58. The minimum absolute atomic E-state index is 0.103. The van der Waals surface area contributed by atoms with Crippen LogP contribution in [-0.4, -0.2) is 62.1 Å². The molecule has 10 heteroatoms. The molecule has 2 fully saturated rings. The molecule has 0 bridgehead atoms. The molecule has 2 aromatic heterocycles. The third-order valence-electron chi connectivity index (χ3n) is 7.29. The Balaban J connectivity index is 1.35. The third kappa shape index (κ3) is 4.58. The van der Waals surface area contributed by atoms with E-state index in [1.54, 1.807) is 11.1 Å². The Bertz CT molecular complexity index is 1160. The highest BCUT2D eigenvalue weighted by Crippen LogP contribution is 2.40. The van der Waals surface area contributed by atoms with Crippen molar-refractivity contribution in [2.24, 2.45) is 0 Å². The summed E-state index contributed by atoms with van der Waals surface area (Å²) in [5, 5.41) is 6.65. The molecule has 10 nitrogen and oxygen atoms in total. The van der Waals surface area contributed by atoms with Crippen LogP contribution in [-0.2, 0) is 15.1 Å². The molecule has 1 aliphatic carbocycles. The highest BCUT2D eigenvalue weighted by atomic mass is 16.6. The van der Waals surface area contributed by atoms with Gasteiger partial charge in [0.15, 0.2) is 0 Å². The van der Waals surface area contributed by atoms with E-state index in [0.29, 0.717) is 24.4 Å². The molecule has 3 amide bonds. The predicted octanol–water partition coefficient (Wildman–Crippen LogP) is 3.56. The van der Waals surface area contributed by atoms with Crippen molar-refractivity contribution < 1.29 is 19.1 Å². The number of likely N-dealkylation sites (tertiary alicyclic amines) is 1. The summed E-state index contributed by atoms with van der Waals surface area (Å²) >= 11 is 0. The van der Waals surface area contributed by atoms with Crippen LogP contribution in [0.15, 0.2) is 12.3 Å². The normalized spacial score (nSPS) is 21.6. The number of hydrogen-bond acceptors (Lipinski definition) is 6. The zero-order valence-electron chi connectivity index (χ0n) is 20.7. The summed E-state index contributed by atoms with van der Waals surface area (Å²) in [7, 11) is 0. The number of aromatic nitrogens is 3. The molecule has 2 aromatic rings. The average Bonchev–Trinajstić information content (AvgIpc) is 3.41. The summed E-state index contributed by atoms with van der Waals surface area (Å²) in [4.78, 5) is 48.7. The number of hydrogen-bond donors (Lipinski definition) is 2. The van der Waals surface area contributed by atoms with E-state index in [1.807, 2.05) is 26.8 Å². The van der Waals surface area contributed by atoms with E-state index < -0.39 is 5.60 Å². The number of ether oxygens (including phenoxy) is 1. The van der Waals surface area contributed by atoms with Crippen molar-refractivity contribution in [2.45, 2.75) is 89.3 Å².